The van der Waals surface area contributed by atoms with Crippen LogP contribution in [0.1, 0.15) is 18.9 Å². The first kappa shape index (κ1) is 12.6. The highest BCUT2D eigenvalue weighted by Crippen LogP contribution is 2.13. The lowest BCUT2D eigenvalue weighted by atomic mass is 10.2. The van der Waals surface area contributed by atoms with Crippen LogP contribution in [-0.4, -0.2) is 11.3 Å². The molecule has 1 heterocycles. The normalized spacial score (nSPS) is 12.1. The zero-order chi connectivity index (χ0) is 12.6. The highest BCUT2D eigenvalue weighted by Gasteiger charge is 2.08. The molecule has 1 atom stereocenters. The maximum absolute atomic E-state index is 5.73. The van der Waals surface area contributed by atoms with Crippen molar-refractivity contribution in [2.45, 2.75) is 26.2 Å². The Bertz CT molecular complexity index is 445. The van der Waals surface area contributed by atoms with Crippen molar-refractivity contribution in [1.82, 2.24) is 4.98 Å². The fraction of sp³-hybridized carbons (Fsp3) is 0.267. The van der Waals surface area contributed by atoms with Crippen molar-refractivity contribution in [3.8, 4) is 5.75 Å². The van der Waals surface area contributed by atoms with Gasteiger partial charge in [0.15, 0.2) is 6.29 Å². The predicted molar refractivity (Wildman–Crippen MR) is 70.2 cm³/mol. The van der Waals surface area contributed by atoms with E-state index in [2.05, 4.69) is 4.98 Å². The van der Waals surface area contributed by atoms with E-state index in [1.807, 2.05) is 49.4 Å². The number of benzene rings is 1. The van der Waals surface area contributed by atoms with Crippen molar-refractivity contribution < 1.29 is 9.47 Å². The van der Waals surface area contributed by atoms with Crippen molar-refractivity contribution in [3.63, 3.8) is 0 Å². The van der Waals surface area contributed by atoms with Crippen LogP contribution in [-0.2, 0) is 11.3 Å². The fourth-order valence-electron chi connectivity index (χ4n) is 1.57. The predicted octanol–water partition coefficient (Wildman–Crippen LogP) is 3.41. The molecule has 0 saturated heterocycles. The molecule has 1 aromatic carbocycles. The second-order valence-corrected chi connectivity index (χ2v) is 3.94. The largest absolute Gasteiger partial charge is 0.463 e. The van der Waals surface area contributed by atoms with Gasteiger partial charge in [0.2, 0.25) is 0 Å². The molecule has 0 aliphatic carbocycles. The van der Waals surface area contributed by atoms with Gasteiger partial charge in [0, 0.05) is 12.6 Å². The smallest absolute Gasteiger partial charge is 0.199 e. The molecule has 1 unspecified atom stereocenters. The Balaban J connectivity index is 1.86. The number of rotatable bonds is 6. The van der Waals surface area contributed by atoms with Crippen LogP contribution < -0.4 is 4.74 Å². The van der Waals surface area contributed by atoms with E-state index in [-0.39, 0.29) is 6.29 Å². The minimum Gasteiger partial charge on any atom is -0.463 e. The summed E-state index contributed by atoms with van der Waals surface area (Å²) in [7, 11) is 0. The molecule has 0 aliphatic rings. The van der Waals surface area contributed by atoms with Crippen LogP contribution in [0.4, 0.5) is 0 Å². The summed E-state index contributed by atoms with van der Waals surface area (Å²) in [5.74, 6) is 0.734. The summed E-state index contributed by atoms with van der Waals surface area (Å²) in [6.45, 7) is 2.59. The van der Waals surface area contributed by atoms with Gasteiger partial charge < -0.3 is 9.47 Å². The number of nitrogens with zero attached hydrogens (tertiary/aromatic N) is 1. The van der Waals surface area contributed by atoms with Gasteiger partial charge in [-0.1, -0.05) is 37.3 Å². The quantitative estimate of drug-likeness (QED) is 0.728. The summed E-state index contributed by atoms with van der Waals surface area (Å²) >= 11 is 0. The Morgan fingerprint density at radius 2 is 1.94 bits per heavy atom. The maximum Gasteiger partial charge on any atom is 0.199 e. The molecule has 0 bridgehead atoms. The van der Waals surface area contributed by atoms with Crippen LogP contribution in [0.3, 0.4) is 0 Å². The van der Waals surface area contributed by atoms with Crippen LogP contribution in [0.2, 0.25) is 0 Å². The Labute approximate surface area is 107 Å². The third-order valence-electron chi connectivity index (χ3n) is 2.51. The SMILES string of the molecule is CCC(OCc1ccccc1)Oc1cccnc1. The van der Waals surface area contributed by atoms with Crippen LogP contribution in [0.25, 0.3) is 0 Å². The van der Waals surface area contributed by atoms with Gasteiger partial charge in [-0.3, -0.25) is 4.98 Å². The molecule has 3 heteroatoms. The van der Waals surface area contributed by atoms with Crippen molar-refractivity contribution in [1.29, 1.82) is 0 Å². The molecule has 0 amide bonds. The molecule has 0 fully saturated rings. The van der Waals surface area contributed by atoms with Crippen molar-refractivity contribution in [3.05, 3.63) is 60.4 Å². The van der Waals surface area contributed by atoms with Gasteiger partial charge in [0.25, 0.3) is 0 Å². The minimum absolute atomic E-state index is 0.241. The van der Waals surface area contributed by atoms with Gasteiger partial charge >= 0.3 is 0 Å². The van der Waals surface area contributed by atoms with E-state index in [4.69, 9.17) is 9.47 Å². The average molecular weight is 243 g/mol. The second kappa shape index (κ2) is 6.77. The zero-order valence-corrected chi connectivity index (χ0v) is 10.5. The Morgan fingerprint density at radius 1 is 1.11 bits per heavy atom. The fourth-order valence-corrected chi connectivity index (χ4v) is 1.57. The molecular formula is C15H17NO2. The molecule has 3 nitrogen and oxygen atoms in total. The van der Waals surface area contributed by atoms with E-state index in [0.717, 1.165) is 17.7 Å². The lowest BCUT2D eigenvalue weighted by Crippen LogP contribution is -2.19. The van der Waals surface area contributed by atoms with E-state index in [1.165, 1.54) is 0 Å². The maximum atomic E-state index is 5.73. The molecule has 0 N–H and O–H groups in total. The first-order chi connectivity index (χ1) is 8.88. The van der Waals surface area contributed by atoms with Gasteiger partial charge in [-0.05, 0) is 17.7 Å². The Hall–Kier alpha value is -1.87. The number of hydrogen-bond donors (Lipinski definition) is 0. The van der Waals surface area contributed by atoms with Crippen LogP contribution >= 0.6 is 0 Å². The molecule has 0 saturated carbocycles. The van der Waals surface area contributed by atoms with Crippen LogP contribution in [0.15, 0.2) is 54.9 Å². The highest BCUT2D eigenvalue weighted by molar-refractivity contribution is 5.16. The van der Waals surface area contributed by atoms with Crippen LogP contribution in [0, 0.1) is 0 Å². The first-order valence-electron chi connectivity index (χ1n) is 6.10. The number of ether oxygens (including phenoxy) is 2. The van der Waals surface area contributed by atoms with Crippen molar-refractivity contribution in [2.75, 3.05) is 0 Å². The van der Waals surface area contributed by atoms with Crippen LogP contribution in [0.5, 0.6) is 5.75 Å². The standard InChI is InChI=1S/C15H17NO2/c1-2-15(18-14-9-6-10-16-11-14)17-12-13-7-4-3-5-8-13/h3-11,15H,2,12H2,1H3. The molecule has 94 valence electrons. The van der Waals surface area contributed by atoms with Gasteiger partial charge in [-0.25, -0.2) is 0 Å². The monoisotopic (exact) mass is 243 g/mol. The number of hydrogen-bond acceptors (Lipinski definition) is 3. The third-order valence-corrected chi connectivity index (χ3v) is 2.51. The van der Waals surface area contributed by atoms with E-state index in [9.17, 15) is 0 Å². The molecule has 0 radical (unpaired) electrons. The Kier molecular flexibility index (Phi) is 4.73. The molecule has 0 aliphatic heterocycles. The lowest BCUT2D eigenvalue weighted by molar-refractivity contribution is -0.0907. The van der Waals surface area contributed by atoms with Crippen molar-refractivity contribution in [2.24, 2.45) is 0 Å². The van der Waals surface area contributed by atoms with Gasteiger partial charge in [-0.15, -0.1) is 0 Å². The summed E-state index contributed by atoms with van der Waals surface area (Å²) in [5, 5.41) is 0. The van der Waals surface area contributed by atoms with Gasteiger partial charge in [0.1, 0.15) is 5.75 Å². The Morgan fingerprint density at radius 3 is 2.61 bits per heavy atom. The average Bonchev–Trinajstić information content (AvgIpc) is 2.45. The van der Waals surface area contributed by atoms with E-state index < -0.39 is 0 Å². The molecule has 2 rings (SSSR count). The third kappa shape index (κ3) is 3.86. The summed E-state index contributed by atoms with van der Waals surface area (Å²) < 4.78 is 11.4. The van der Waals surface area contributed by atoms with Gasteiger partial charge in [-0.2, -0.15) is 0 Å². The van der Waals surface area contributed by atoms with E-state index >= 15 is 0 Å². The summed E-state index contributed by atoms with van der Waals surface area (Å²) in [5.41, 5.74) is 1.14. The van der Waals surface area contributed by atoms with Gasteiger partial charge in [0.05, 0.1) is 12.8 Å². The molecular weight excluding hydrogens is 226 g/mol. The van der Waals surface area contributed by atoms with E-state index in [1.54, 1.807) is 12.4 Å². The number of pyridine rings is 1. The molecule has 1 aromatic heterocycles. The van der Waals surface area contributed by atoms with E-state index in [0.29, 0.717) is 6.61 Å². The second-order valence-electron chi connectivity index (χ2n) is 3.94. The zero-order valence-electron chi connectivity index (χ0n) is 10.5. The summed E-state index contributed by atoms with van der Waals surface area (Å²) in [4.78, 5) is 4.01. The van der Waals surface area contributed by atoms with Crippen molar-refractivity contribution >= 4 is 0 Å². The highest BCUT2D eigenvalue weighted by atomic mass is 16.7. The lowest BCUT2D eigenvalue weighted by Gasteiger charge is -2.17. The number of aromatic nitrogens is 1. The molecule has 18 heavy (non-hydrogen) atoms. The summed E-state index contributed by atoms with van der Waals surface area (Å²) in [6, 6.07) is 13.8. The topological polar surface area (TPSA) is 31.4 Å². The molecule has 0 spiro atoms. The first-order valence-corrected chi connectivity index (χ1v) is 6.10. The molecule has 2 aromatic rings. The summed E-state index contributed by atoms with van der Waals surface area (Å²) in [6.07, 6.45) is 3.96. The minimum atomic E-state index is -0.241.